The Labute approximate surface area is 180 Å². The molecule has 8 nitrogen and oxygen atoms in total. The number of pyridine rings is 1. The van der Waals surface area contributed by atoms with E-state index < -0.39 is 11.6 Å². The van der Waals surface area contributed by atoms with Crippen molar-refractivity contribution in [2.24, 2.45) is 11.8 Å². The van der Waals surface area contributed by atoms with Gasteiger partial charge in [-0.2, -0.15) is 5.16 Å². The molecule has 4 heterocycles. The van der Waals surface area contributed by atoms with E-state index in [1.54, 1.807) is 6.20 Å². The Morgan fingerprint density at radius 3 is 2.66 bits per heavy atom. The first-order valence-electron chi connectivity index (χ1n) is 10.7. The summed E-state index contributed by atoms with van der Waals surface area (Å²) < 4.78 is 34.0. The number of anilines is 1. The molecule has 7 rings (SSSR count). The van der Waals surface area contributed by atoms with E-state index in [9.17, 15) is 13.6 Å². The van der Waals surface area contributed by atoms with Gasteiger partial charge in [0.1, 0.15) is 17.2 Å². The van der Waals surface area contributed by atoms with E-state index in [0.29, 0.717) is 34.2 Å². The van der Waals surface area contributed by atoms with Crippen molar-refractivity contribution in [3.05, 3.63) is 58.5 Å². The Morgan fingerprint density at radius 1 is 1.06 bits per heavy atom. The first-order valence-corrected chi connectivity index (χ1v) is 10.7. The highest BCUT2D eigenvalue weighted by Crippen LogP contribution is 2.50. The fraction of sp³-hybridized carbons (Fsp3) is 0.364. The van der Waals surface area contributed by atoms with Crippen molar-refractivity contribution < 1.29 is 13.3 Å². The summed E-state index contributed by atoms with van der Waals surface area (Å²) in [6.45, 7) is 0. The van der Waals surface area contributed by atoms with Crippen LogP contribution in [0.2, 0.25) is 0 Å². The van der Waals surface area contributed by atoms with Gasteiger partial charge >= 0.3 is 0 Å². The molecular weight excluding hydrogens is 418 g/mol. The van der Waals surface area contributed by atoms with E-state index in [1.807, 2.05) is 0 Å². The molecule has 4 aromatic rings. The van der Waals surface area contributed by atoms with Crippen molar-refractivity contribution in [2.45, 2.75) is 37.6 Å². The fourth-order valence-electron chi connectivity index (χ4n) is 5.45. The van der Waals surface area contributed by atoms with Gasteiger partial charge in [-0.25, -0.2) is 23.7 Å². The van der Waals surface area contributed by atoms with Gasteiger partial charge in [-0.05, 0) is 43.6 Å². The summed E-state index contributed by atoms with van der Waals surface area (Å²) in [5, 5.41) is 6.19. The second-order valence-corrected chi connectivity index (χ2v) is 8.63. The second-order valence-electron chi connectivity index (χ2n) is 8.63. The molecular formula is C22H20F2N6O2. The van der Waals surface area contributed by atoms with Gasteiger partial charge < -0.3 is 14.8 Å². The van der Waals surface area contributed by atoms with Crippen molar-refractivity contribution in [2.75, 3.05) is 5.32 Å². The number of hydrogen-bond donors (Lipinski definition) is 3. The minimum absolute atomic E-state index is 0.0503. The zero-order valence-electron chi connectivity index (χ0n) is 16.9. The molecule has 0 spiro atoms. The Morgan fingerprint density at radius 2 is 1.88 bits per heavy atom. The van der Waals surface area contributed by atoms with Crippen molar-refractivity contribution in [1.29, 1.82) is 0 Å². The SMILES string of the molecule is O=c1cc([C@H]2C3CCC(CC3)[C@@H]2Nc2nc(-c3c[nH]c4ncc(F)cc34)ncc2F)o[nH]1. The molecule has 3 aliphatic carbocycles. The molecule has 3 aliphatic rings. The first-order chi connectivity index (χ1) is 15.6. The summed E-state index contributed by atoms with van der Waals surface area (Å²) >= 11 is 0. The summed E-state index contributed by atoms with van der Waals surface area (Å²) in [5.74, 6) is 0.493. The molecule has 164 valence electrons. The van der Waals surface area contributed by atoms with Crippen molar-refractivity contribution in [1.82, 2.24) is 25.1 Å². The third-order valence-electron chi connectivity index (χ3n) is 6.88. The molecule has 0 amide bonds. The molecule has 0 saturated heterocycles. The molecule has 3 fully saturated rings. The average molecular weight is 438 g/mol. The molecule has 4 aromatic heterocycles. The molecule has 3 N–H and O–H groups in total. The molecule has 10 heteroatoms. The molecule has 2 bridgehead atoms. The number of nitrogens with one attached hydrogen (secondary N) is 3. The van der Waals surface area contributed by atoms with Gasteiger partial charge in [-0.3, -0.25) is 4.79 Å². The lowest BCUT2D eigenvalue weighted by Crippen LogP contribution is -2.47. The normalized spacial score (nSPS) is 24.8. The number of H-pyrrole nitrogens is 2. The number of rotatable bonds is 4. The van der Waals surface area contributed by atoms with Crippen LogP contribution >= 0.6 is 0 Å². The third kappa shape index (κ3) is 3.09. The third-order valence-corrected chi connectivity index (χ3v) is 6.88. The highest BCUT2D eigenvalue weighted by Gasteiger charge is 2.46. The van der Waals surface area contributed by atoms with Crippen LogP contribution in [0.3, 0.4) is 0 Å². The molecule has 3 saturated carbocycles. The molecule has 2 atom stereocenters. The van der Waals surface area contributed by atoms with Crippen molar-refractivity contribution in [3.8, 4) is 11.4 Å². The first kappa shape index (κ1) is 19.1. The van der Waals surface area contributed by atoms with E-state index in [2.05, 4.69) is 30.4 Å². The minimum atomic E-state index is -0.575. The van der Waals surface area contributed by atoms with Crippen LogP contribution in [0.5, 0.6) is 0 Å². The second kappa shape index (κ2) is 7.25. The van der Waals surface area contributed by atoms with E-state index >= 15 is 0 Å². The van der Waals surface area contributed by atoms with Crippen molar-refractivity contribution >= 4 is 16.9 Å². The van der Waals surface area contributed by atoms with Crippen LogP contribution in [-0.2, 0) is 0 Å². The lowest BCUT2D eigenvalue weighted by Gasteiger charge is -2.48. The summed E-state index contributed by atoms with van der Waals surface area (Å²) in [6.07, 6.45) is 8.03. The molecule has 0 aromatic carbocycles. The Hall–Kier alpha value is -3.56. The summed E-state index contributed by atoms with van der Waals surface area (Å²) in [5.41, 5.74) is 0.750. The Balaban J connectivity index is 1.38. The standard InChI is InChI=1S/C22H20F2N6O2/c23-12-5-13-14(8-26-20(13)25-7-12)21-27-9-15(24)22(29-21)28-19-11-3-1-10(2-4-11)18(19)16-6-17(31)30-32-16/h5-11,18-19H,1-4H2,(H,25,26)(H,30,31)(H,27,28,29)/t10?,11?,18-,19+/m1/s1. The minimum Gasteiger partial charge on any atom is -0.383 e. The van der Waals surface area contributed by atoms with E-state index in [4.69, 9.17) is 4.52 Å². The smallest absolute Gasteiger partial charge is 0.280 e. The van der Waals surface area contributed by atoms with Crippen LogP contribution in [-0.4, -0.2) is 31.1 Å². The zero-order valence-corrected chi connectivity index (χ0v) is 16.9. The number of fused-ring (bicyclic) bond motifs is 4. The van der Waals surface area contributed by atoms with E-state index in [1.165, 1.54) is 12.1 Å². The van der Waals surface area contributed by atoms with Gasteiger partial charge in [-0.1, -0.05) is 0 Å². The van der Waals surface area contributed by atoms with Gasteiger partial charge in [-0.15, -0.1) is 0 Å². The number of hydrogen-bond acceptors (Lipinski definition) is 6. The molecule has 32 heavy (non-hydrogen) atoms. The zero-order chi connectivity index (χ0) is 21.8. The van der Waals surface area contributed by atoms with Gasteiger partial charge in [0.25, 0.3) is 5.56 Å². The maximum atomic E-state index is 14.8. The monoisotopic (exact) mass is 438 g/mol. The van der Waals surface area contributed by atoms with Gasteiger partial charge in [0.2, 0.25) is 0 Å². The Kier molecular flexibility index (Phi) is 4.34. The number of aromatic nitrogens is 5. The summed E-state index contributed by atoms with van der Waals surface area (Å²) in [4.78, 5) is 27.2. The lowest BCUT2D eigenvalue weighted by molar-refractivity contribution is 0.109. The van der Waals surface area contributed by atoms with Crippen LogP contribution < -0.4 is 10.9 Å². The van der Waals surface area contributed by atoms with Crippen LogP contribution in [0.25, 0.3) is 22.4 Å². The highest BCUT2D eigenvalue weighted by atomic mass is 19.1. The number of halogens is 2. The average Bonchev–Trinajstić information content (AvgIpc) is 3.42. The predicted octanol–water partition coefficient (Wildman–Crippen LogP) is 3.96. The summed E-state index contributed by atoms with van der Waals surface area (Å²) in [7, 11) is 0. The highest BCUT2D eigenvalue weighted by molar-refractivity contribution is 5.91. The maximum Gasteiger partial charge on any atom is 0.280 e. The lowest BCUT2D eigenvalue weighted by atomic mass is 9.61. The van der Waals surface area contributed by atoms with Gasteiger partial charge in [0, 0.05) is 35.2 Å². The van der Waals surface area contributed by atoms with Crippen LogP contribution in [0.4, 0.5) is 14.6 Å². The largest absolute Gasteiger partial charge is 0.383 e. The topological polar surface area (TPSA) is 112 Å². The van der Waals surface area contributed by atoms with Crippen LogP contribution in [0, 0.1) is 23.5 Å². The summed E-state index contributed by atoms with van der Waals surface area (Å²) in [6, 6.07) is 2.70. The van der Waals surface area contributed by atoms with Gasteiger partial charge in [0.05, 0.1) is 12.4 Å². The fourth-order valence-corrected chi connectivity index (χ4v) is 5.45. The van der Waals surface area contributed by atoms with Crippen LogP contribution in [0.15, 0.2) is 40.0 Å². The molecule has 0 unspecified atom stereocenters. The molecule has 0 radical (unpaired) electrons. The van der Waals surface area contributed by atoms with E-state index in [0.717, 1.165) is 38.1 Å². The predicted molar refractivity (Wildman–Crippen MR) is 112 cm³/mol. The van der Waals surface area contributed by atoms with E-state index in [-0.39, 0.29) is 29.2 Å². The van der Waals surface area contributed by atoms with Crippen LogP contribution in [0.1, 0.15) is 37.4 Å². The number of nitrogens with zero attached hydrogens (tertiary/aromatic N) is 3. The van der Waals surface area contributed by atoms with Crippen molar-refractivity contribution in [3.63, 3.8) is 0 Å². The Bertz CT molecular complexity index is 1350. The molecule has 0 aliphatic heterocycles. The quantitative estimate of drug-likeness (QED) is 0.445. The number of aromatic amines is 2. The van der Waals surface area contributed by atoms with Gasteiger partial charge in [0.15, 0.2) is 17.5 Å². The maximum absolute atomic E-state index is 14.8.